The van der Waals surface area contributed by atoms with Gasteiger partial charge in [-0.05, 0) is 30.2 Å². The zero-order valence-corrected chi connectivity index (χ0v) is 14.9. The summed E-state index contributed by atoms with van der Waals surface area (Å²) in [6, 6.07) is 7.32. The first-order valence-corrected chi connectivity index (χ1v) is 8.62. The van der Waals surface area contributed by atoms with Crippen molar-refractivity contribution in [2.24, 2.45) is 5.73 Å². The monoisotopic (exact) mass is 371 g/mol. The fourth-order valence-electron chi connectivity index (χ4n) is 2.71. The highest BCUT2D eigenvalue weighted by Gasteiger charge is 2.20. The summed E-state index contributed by atoms with van der Waals surface area (Å²) < 4.78 is 1.45. The Kier molecular flexibility index (Phi) is 4.62. The van der Waals surface area contributed by atoms with Crippen LogP contribution in [0.25, 0.3) is 10.2 Å². The number of fused-ring (bicyclic) bond motifs is 1. The van der Waals surface area contributed by atoms with Crippen molar-refractivity contribution < 1.29 is 4.79 Å². The zero-order valence-electron chi connectivity index (χ0n) is 13.4. The second-order valence-electron chi connectivity index (χ2n) is 5.53. The van der Waals surface area contributed by atoms with E-state index in [1.54, 1.807) is 13.0 Å². The van der Waals surface area contributed by atoms with Crippen LogP contribution in [0.15, 0.2) is 29.1 Å². The Morgan fingerprint density at radius 3 is 2.88 bits per heavy atom. The summed E-state index contributed by atoms with van der Waals surface area (Å²) in [7, 11) is 0. The number of rotatable bonds is 4. The van der Waals surface area contributed by atoms with Crippen LogP contribution in [-0.4, -0.2) is 15.5 Å². The summed E-state index contributed by atoms with van der Waals surface area (Å²) in [5.74, 6) is 2.44. The van der Waals surface area contributed by atoms with Crippen LogP contribution in [0, 0.1) is 19.3 Å². The van der Waals surface area contributed by atoms with Crippen molar-refractivity contribution >= 4 is 39.1 Å². The van der Waals surface area contributed by atoms with E-state index in [0.717, 1.165) is 16.9 Å². The Labute approximate surface area is 153 Å². The van der Waals surface area contributed by atoms with Crippen LogP contribution in [0.1, 0.15) is 26.6 Å². The molecule has 25 heavy (non-hydrogen) atoms. The Bertz CT molecular complexity index is 1090. The summed E-state index contributed by atoms with van der Waals surface area (Å²) >= 11 is 7.15. The fourth-order valence-corrected chi connectivity index (χ4v) is 3.97. The molecule has 0 fully saturated rings. The van der Waals surface area contributed by atoms with Gasteiger partial charge in [-0.25, -0.2) is 4.98 Å². The SMILES string of the molecule is C#CCn1c(Cc2cccc(Cl)c2)nc2sc(C(N)=O)c(C)c2c1=O. The minimum atomic E-state index is -0.570. The lowest BCUT2D eigenvalue weighted by Gasteiger charge is -2.10. The third kappa shape index (κ3) is 3.16. The number of thiophene rings is 1. The number of nitrogens with two attached hydrogens (primary N) is 1. The van der Waals surface area contributed by atoms with Crippen LogP contribution < -0.4 is 11.3 Å². The van der Waals surface area contributed by atoms with Crippen molar-refractivity contribution in [2.75, 3.05) is 0 Å². The van der Waals surface area contributed by atoms with Gasteiger partial charge in [0.1, 0.15) is 10.7 Å². The van der Waals surface area contributed by atoms with Crippen LogP contribution in [-0.2, 0) is 13.0 Å². The first-order chi connectivity index (χ1) is 11.9. The van der Waals surface area contributed by atoms with E-state index in [0.29, 0.717) is 37.9 Å². The molecule has 0 aliphatic heterocycles. The molecular weight excluding hydrogens is 358 g/mol. The van der Waals surface area contributed by atoms with Gasteiger partial charge in [0.15, 0.2) is 0 Å². The summed E-state index contributed by atoms with van der Waals surface area (Å²) in [6.45, 7) is 1.79. The highest BCUT2D eigenvalue weighted by molar-refractivity contribution is 7.20. The topological polar surface area (TPSA) is 78.0 Å². The average Bonchev–Trinajstić information content (AvgIpc) is 2.88. The molecule has 7 heteroatoms. The summed E-state index contributed by atoms with van der Waals surface area (Å²) in [4.78, 5) is 29.9. The molecule has 2 heterocycles. The van der Waals surface area contributed by atoms with Crippen molar-refractivity contribution in [3.63, 3.8) is 0 Å². The molecule has 0 saturated heterocycles. The summed E-state index contributed by atoms with van der Waals surface area (Å²) in [5.41, 5.74) is 6.59. The second-order valence-corrected chi connectivity index (χ2v) is 6.97. The predicted molar refractivity (Wildman–Crippen MR) is 100 cm³/mol. The van der Waals surface area contributed by atoms with Gasteiger partial charge >= 0.3 is 0 Å². The lowest BCUT2D eigenvalue weighted by Crippen LogP contribution is -2.25. The highest BCUT2D eigenvalue weighted by atomic mass is 35.5. The van der Waals surface area contributed by atoms with Crippen molar-refractivity contribution in [3.05, 3.63) is 61.5 Å². The molecule has 2 N–H and O–H groups in total. The zero-order chi connectivity index (χ0) is 18.1. The van der Waals surface area contributed by atoms with Gasteiger partial charge in [-0.2, -0.15) is 0 Å². The standard InChI is InChI=1S/C18H14ClN3O2S/c1-3-7-22-13(9-11-5-4-6-12(19)8-11)21-17-14(18(22)24)10(2)15(25-17)16(20)23/h1,4-6,8H,7,9H2,2H3,(H2,20,23). The van der Waals surface area contributed by atoms with Gasteiger partial charge in [0.25, 0.3) is 11.5 Å². The number of aromatic nitrogens is 2. The Morgan fingerprint density at radius 2 is 2.24 bits per heavy atom. The molecule has 3 aromatic rings. The number of hydrogen-bond donors (Lipinski definition) is 1. The maximum absolute atomic E-state index is 12.9. The minimum absolute atomic E-state index is 0.0961. The number of aryl methyl sites for hydroxylation is 1. The van der Waals surface area contributed by atoms with Gasteiger partial charge in [-0.15, -0.1) is 17.8 Å². The fraction of sp³-hybridized carbons (Fsp3) is 0.167. The van der Waals surface area contributed by atoms with Gasteiger partial charge < -0.3 is 5.73 Å². The van der Waals surface area contributed by atoms with Crippen LogP contribution in [0.2, 0.25) is 5.02 Å². The van der Waals surface area contributed by atoms with Crippen molar-refractivity contribution in [3.8, 4) is 12.3 Å². The Balaban J connectivity index is 2.24. The number of primary amides is 1. The van der Waals surface area contributed by atoms with E-state index in [1.165, 1.54) is 4.57 Å². The number of hydrogen-bond acceptors (Lipinski definition) is 4. The number of halogens is 1. The lowest BCUT2D eigenvalue weighted by molar-refractivity contribution is 0.100. The molecule has 1 amide bonds. The Morgan fingerprint density at radius 1 is 1.48 bits per heavy atom. The molecular formula is C18H14ClN3O2S. The van der Waals surface area contributed by atoms with Gasteiger partial charge in [-0.1, -0.05) is 29.7 Å². The molecule has 0 unspecified atom stereocenters. The van der Waals surface area contributed by atoms with Gasteiger partial charge in [0, 0.05) is 11.4 Å². The van der Waals surface area contributed by atoms with Crippen molar-refractivity contribution in [1.82, 2.24) is 9.55 Å². The van der Waals surface area contributed by atoms with E-state index in [9.17, 15) is 9.59 Å². The lowest BCUT2D eigenvalue weighted by atomic mass is 10.1. The van der Waals surface area contributed by atoms with E-state index in [-0.39, 0.29) is 12.1 Å². The van der Waals surface area contributed by atoms with Crippen molar-refractivity contribution in [2.45, 2.75) is 19.9 Å². The molecule has 0 aliphatic rings. The highest BCUT2D eigenvalue weighted by Crippen LogP contribution is 2.27. The third-order valence-corrected chi connectivity index (χ3v) is 5.29. The number of carbonyl (C=O) groups excluding carboxylic acids is 1. The first kappa shape index (κ1) is 17.2. The van der Waals surface area contributed by atoms with Crippen molar-refractivity contribution in [1.29, 1.82) is 0 Å². The molecule has 0 radical (unpaired) electrons. The largest absolute Gasteiger partial charge is 0.365 e. The number of amides is 1. The number of benzene rings is 1. The molecule has 0 saturated carbocycles. The van der Waals surface area contributed by atoms with Gasteiger partial charge in [-0.3, -0.25) is 14.2 Å². The molecule has 5 nitrogen and oxygen atoms in total. The predicted octanol–water partition coefficient (Wildman–Crippen LogP) is 2.74. The minimum Gasteiger partial charge on any atom is -0.365 e. The average molecular weight is 372 g/mol. The van der Waals surface area contributed by atoms with Gasteiger partial charge in [0.2, 0.25) is 0 Å². The molecule has 1 aromatic carbocycles. The Hall–Kier alpha value is -2.62. The van der Waals surface area contributed by atoms with E-state index in [2.05, 4.69) is 10.9 Å². The van der Waals surface area contributed by atoms with E-state index in [4.69, 9.17) is 23.8 Å². The molecule has 0 aliphatic carbocycles. The van der Waals surface area contributed by atoms with Crippen LogP contribution in [0.3, 0.4) is 0 Å². The van der Waals surface area contributed by atoms with Crippen LogP contribution >= 0.6 is 22.9 Å². The van der Waals surface area contributed by atoms with Crippen LogP contribution in [0.5, 0.6) is 0 Å². The molecule has 2 aromatic heterocycles. The van der Waals surface area contributed by atoms with Crippen LogP contribution in [0.4, 0.5) is 0 Å². The normalized spacial score (nSPS) is 10.8. The van der Waals surface area contributed by atoms with E-state index >= 15 is 0 Å². The molecule has 0 spiro atoms. The van der Waals surface area contributed by atoms with E-state index in [1.807, 2.05) is 18.2 Å². The third-order valence-electron chi connectivity index (χ3n) is 3.85. The molecule has 3 rings (SSSR count). The number of carbonyl (C=O) groups is 1. The number of terminal acetylenes is 1. The second kappa shape index (κ2) is 6.71. The maximum atomic E-state index is 12.9. The first-order valence-electron chi connectivity index (χ1n) is 7.43. The number of nitrogens with zero attached hydrogens (tertiary/aromatic N) is 2. The summed E-state index contributed by atoms with van der Waals surface area (Å²) in [6.07, 6.45) is 5.82. The quantitative estimate of drug-likeness (QED) is 0.716. The smallest absolute Gasteiger partial charge is 0.263 e. The summed E-state index contributed by atoms with van der Waals surface area (Å²) in [5, 5.41) is 0.997. The van der Waals surface area contributed by atoms with E-state index < -0.39 is 5.91 Å². The molecule has 126 valence electrons. The molecule has 0 atom stereocenters. The molecule has 0 bridgehead atoms. The maximum Gasteiger partial charge on any atom is 0.263 e. The van der Waals surface area contributed by atoms with Gasteiger partial charge in [0.05, 0.1) is 16.8 Å².